The molecule has 1 unspecified atom stereocenters. The number of anilines is 1. The number of benzene rings is 1. The van der Waals surface area contributed by atoms with E-state index < -0.39 is 18.0 Å². The molecule has 6 heteroatoms. The van der Waals surface area contributed by atoms with Crippen LogP contribution in [0, 0.1) is 5.92 Å². The second-order valence-electron chi connectivity index (χ2n) is 4.21. The molecule has 0 saturated carbocycles. The average Bonchev–Trinajstić information content (AvgIpc) is 2.25. The summed E-state index contributed by atoms with van der Waals surface area (Å²) in [6, 6.07) is 4.41. The lowest BCUT2D eigenvalue weighted by Gasteiger charge is -2.18. The number of carbonyl (C=O) groups is 2. The summed E-state index contributed by atoms with van der Waals surface area (Å²) >= 11 is 0. The summed E-state index contributed by atoms with van der Waals surface area (Å²) in [5.41, 5.74) is 0.389. The molecule has 0 aliphatic rings. The minimum absolute atomic E-state index is 0.0199. The van der Waals surface area contributed by atoms with E-state index in [2.05, 4.69) is 10.6 Å². The molecular formula is C12H16N2O4. The third kappa shape index (κ3) is 3.97. The first kappa shape index (κ1) is 13.8. The van der Waals surface area contributed by atoms with E-state index in [9.17, 15) is 14.7 Å². The minimum Gasteiger partial charge on any atom is -0.508 e. The van der Waals surface area contributed by atoms with E-state index in [1.54, 1.807) is 26.0 Å². The fourth-order valence-corrected chi connectivity index (χ4v) is 1.41. The monoisotopic (exact) mass is 252 g/mol. The van der Waals surface area contributed by atoms with Crippen LogP contribution in [0.5, 0.6) is 5.75 Å². The van der Waals surface area contributed by atoms with E-state index in [1.807, 2.05) is 0 Å². The van der Waals surface area contributed by atoms with E-state index in [-0.39, 0.29) is 11.7 Å². The lowest BCUT2D eigenvalue weighted by molar-refractivity contribution is -0.140. The van der Waals surface area contributed by atoms with E-state index in [0.717, 1.165) is 0 Å². The molecule has 0 radical (unpaired) electrons. The van der Waals surface area contributed by atoms with Gasteiger partial charge in [0.05, 0.1) is 0 Å². The van der Waals surface area contributed by atoms with Crippen molar-refractivity contribution >= 4 is 17.7 Å². The van der Waals surface area contributed by atoms with Gasteiger partial charge in [0.25, 0.3) is 0 Å². The molecule has 0 heterocycles. The zero-order valence-electron chi connectivity index (χ0n) is 10.2. The van der Waals surface area contributed by atoms with Gasteiger partial charge in [-0.15, -0.1) is 0 Å². The van der Waals surface area contributed by atoms with Crippen LogP contribution in [0.1, 0.15) is 13.8 Å². The summed E-state index contributed by atoms with van der Waals surface area (Å²) in [4.78, 5) is 22.5. The van der Waals surface area contributed by atoms with Gasteiger partial charge in [0.15, 0.2) is 0 Å². The van der Waals surface area contributed by atoms with Gasteiger partial charge in [-0.25, -0.2) is 9.59 Å². The molecule has 1 rings (SSSR count). The summed E-state index contributed by atoms with van der Waals surface area (Å²) < 4.78 is 0. The van der Waals surface area contributed by atoms with Gasteiger partial charge in [-0.05, 0) is 18.1 Å². The van der Waals surface area contributed by atoms with Crippen molar-refractivity contribution in [2.45, 2.75) is 19.9 Å². The standard InChI is InChI=1S/C12H16N2O4/c1-7(2)10(11(16)17)14-12(18)13-8-4-3-5-9(15)6-8/h3-7,10,15H,1-2H3,(H,16,17)(H2,13,14,18). The Morgan fingerprint density at radius 2 is 1.94 bits per heavy atom. The van der Waals surface area contributed by atoms with Crippen molar-refractivity contribution in [1.29, 1.82) is 0 Å². The molecule has 4 N–H and O–H groups in total. The van der Waals surface area contributed by atoms with Crippen molar-refractivity contribution in [1.82, 2.24) is 5.32 Å². The Hall–Kier alpha value is -2.24. The molecule has 0 saturated heterocycles. The molecule has 0 spiro atoms. The molecule has 0 bridgehead atoms. The van der Waals surface area contributed by atoms with Crippen molar-refractivity contribution in [3.63, 3.8) is 0 Å². The summed E-state index contributed by atoms with van der Waals surface area (Å²) in [5.74, 6) is -1.29. The van der Waals surface area contributed by atoms with E-state index >= 15 is 0 Å². The SMILES string of the molecule is CC(C)C(NC(=O)Nc1cccc(O)c1)C(=O)O. The third-order valence-corrected chi connectivity index (χ3v) is 2.32. The number of amides is 2. The fraction of sp³-hybridized carbons (Fsp3) is 0.333. The maximum atomic E-state index is 11.6. The minimum atomic E-state index is -1.09. The number of hydrogen-bond donors (Lipinski definition) is 4. The van der Waals surface area contributed by atoms with Gasteiger partial charge >= 0.3 is 12.0 Å². The Kier molecular flexibility index (Phi) is 4.53. The number of phenolic OH excluding ortho intramolecular Hbond substituents is 1. The first-order chi connectivity index (χ1) is 8.40. The van der Waals surface area contributed by atoms with Crippen LogP contribution >= 0.6 is 0 Å². The van der Waals surface area contributed by atoms with Crippen LogP contribution in [0.4, 0.5) is 10.5 Å². The zero-order valence-corrected chi connectivity index (χ0v) is 10.2. The van der Waals surface area contributed by atoms with Crippen LogP contribution in [-0.2, 0) is 4.79 Å². The van der Waals surface area contributed by atoms with Crippen molar-refractivity contribution in [3.8, 4) is 5.75 Å². The number of hydrogen-bond acceptors (Lipinski definition) is 3. The van der Waals surface area contributed by atoms with Gasteiger partial charge in [-0.2, -0.15) is 0 Å². The number of carboxylic acid groups (broad SMARTS) is 1. The first-order valence-corrected chi connectivity index (χ1v) is 5.49. The highest BCUT2D eigenvalue weighted by Gasteiger charge is 2.23. The lowest BCUT2D eigenvalue weighted by atomic mass is 10.1. The third-order valence-electron chi connectivity index (χ3n) is 2.32. The van der Waals surface area contributed by atoms with E-state index in [0.29, 0.717) is 5.69 Å². The quantitative estimate of drug-likeness (QED) is 0.654. The molecule has 2 amide bonds. The highest BCUT2D eigenvalue weighted by Crippen LogP contribution is 2.15. The Morgan fingerprint density at radius 3 is 2.44 bits per heavy atom. The van der Waals surface area contributed by atoms with Gasteiger partial charge in [-0.1, -0.05) is 19.9 Å². The predicted molar refractivity (Wildman–Crippen MR) is 66.5 cm³/mol. The van der Waals surface area contributed by atoms with Crippen LogP contribution in [0.25, 0.3) is 0 Å². The normalized spacial score (nSPS) is 11.9. The molecular weight excluding hydrogens is 236 g/mol. The second-order valence-corrected chi connectivity index (χ2v) is 4.21. The Balaban J connectivity index is 2.63. The van der Waals surface area contributed by atoms with E-state index in [1.165, 1.54) is 12.1 Å². The zero-order chi connectivity index (χ0) is 13.7. The van der Waals surface area contributed by atoms with Gasteiger partial charge in [0.2, 0.25) is 0 Å². The Labute approximate surface area is 105 Å². The topological polar surface area (TPSA) is 98.7 Å². The van der Waals surface area contributed by atoms with Crippen molar-refractivity contribution in [3.05, 3.63) is 24.3 Å². The van der Waals surface area contributed by atoms with Crippen LogP contribution < -0.4 is 10.6 Å². The molecule has 18 heavy (non-hydrogen) atoms. The Bertz CT molecular complexity index is 445. The molecule has 0 aliphatic heterocycles. The van der Waals surface area contributed by atoms with Crippen LogP contribution in [0.15, 0.2) is 24.3 Å². The lowest BCUT2D eigenvalue weighted by Crippen LogP contribution is -2.46. The largest absolute Gasteiger partial charge is 0.508 e. The van der Waals surface area contributed by atoms with Gasteiger partial charge in [0.1, 0.15) is 11.8 Å². The molecule has 0 fully saturated rings. The number of aromatic hydroxyl groups is 1. The van der Waals surface area contributed by atoms with Crippen molar-refractivity contribution in [2.24, 2.45) is 5.92 Å². The number of urea groups is 1. The van der Waals surface area contributed by atoms with Crippen LogP contribution in [0.2, 0.25) is 0 Å². The number of phenols is 1. The summed E-state index contributed by atoms with van der Waals surface area (Å²) in [5, 5.41) is 22.9. The number of rotatable bonds is 4. The molecule has 98 valence electrons. The molecule has 1 aromatic rings. The molecule has 6 nitrogen and oxygen atoms in total. The maximum Gasteiger partial charge on any atom is 0.326 e. The summed E-state index contributed by atoms with van der Waals surface area (Å²) in [7, 11) is 0. The Morgan fingerprint density at radius 1 is 1.28 bits per heavy atom. The smallest absolute Gasteiger partial charge is 0.326 e. The number of nitrogens with one attached hydrogen (secondary N) is 2. The molecule has 1 atom stereocenters. The van der Waals surface area contributed by atoms with Gasteiger partial charge in [-0.3, -0.25) is 0 Å². The maximum absolute atomic E-state index is 11.6. The van der Waals surface area contributed by atoms with Gasteiger partial charge < -0.3 is 20.8 Å². The second kappa shape index (κ2) is 5.90. The predicted octanol–water partition coefficient (Wildman–Crippen LogP) is 1.62. The highest BCUT2D eigenvalue weighted by atomic mass is 16.4. The average molecular weight is 252 g/mol. The molecule has 0 aromatic heterocycles. The van der Waals surface area contributed by atoms with Crippen molar-refractivity contribution in [2.75, 3.05) is 5.32 Å². The number of carbonyl (C=O) groups excluding carboxylic acids is 1. The summed E-state index contributed by atoms with van der Waals surface area (Å²) in [6.07, 6.45) is 0. The van der Waals surface area contributed by atoms with Gasteiger partial charge in [0, 0.05) is 11.8 Å². The fourth-order valence-electron chi connectivity index (χ4n) is 1.41. The van der Waals surface area contributed by atoms with Crippen LogP contribution in [-0.4, -0.2) is 28.3 Å². The molecule has 1 aromatic carbocycles. The number of aliphatic carboxylic acids is 1. The molecule has 0 aliphatic carbocycles. The first-order valence-electron chi connectivity index (χ1n) is 5.49. The van der Waals surface area contributed by atoms with Crippen molar-refractivity contribution < 1.29 is 19.8 Å². The van der Waals surface area contributed by atoms with E-state index in [4.69, 9.17) is 5.11 Å². The van der Waals surface area contributed by atoms with Crippen LogP contribution in [0.3, 0.4) is 0 Å². The highest BCUT2D eigenvalue weighted by molar-refractivity contribution is 5.92. The summed E-state index contributed by atoms with van der Waals surface area (Å²) in [6.45, 7) is 3.40. The number of carboxylic acids is 1.